The minimum Gasteiger partial charge on any atom is -0.383 e. The molecular weight excluding hydrogens is 409 g/mol. The molecule has 32 heavy (non-hydrogen) atoms. The third-order valence-electron chi connectivity index (χ3n) is 7.30. The number of piperidine rings is 1. The van der Waals surface area contributed by atoms with Gasteiger partial charge in [0.2, 0.25) is 0 Å². The van der Waals surface area contributed by atoms with Gasteiger partial charge in [-0.2, -0.15) is 0 Å². The van der Waals surface area contributed by atoms with Gasteiger partial charge in [-0.3, -0.25) is 9.69 Å². The van der Waals surface area contributed by atoms with Gasteiger partial charge in [0.15, 0.2) is 0 Å². The molecule has 0 saturated carbocycles. The molecule has 2 atom stereocenters. The molecule has 0 aromatic heterocycles. The summed E-state index contributed by atoms with van der Waals surface area (Å²) in [5.41, 5.74) is -0.132. The maximum absolute atomic E-state index is 13.6. The molecule has 0 spiro atoms. The molecule has 1 aliphatic carbocycles. The lowest BCUT2D eigenvalue weighted by molar-refractivity contribution is -0.134. The number of halogens is 1. The summed E-state index contributed by atoms with van der Waals surface area (Å²) in [5, 5.41) is 3.07. The highest BCUT2D eigenvalue weighted by Gasteiger charge is 2.55. The summed E-state index contributed by atoms with van der Waals surface area (Å²) >= 11 is 0. The lowest BCUT2D eigenvalue weighted by atomic mass is 9.73. The highest BCUT2D eigenvalue weighted by Crippen LogP contribution is 2.37. The van der Waals surface area contributed by atoms with Gasteiger partial charge in [-0.1, -0.05) is 24.3 Å². The maximum atomic E-state index is 13.6. The number of carbonyl (C=O) groups is 2. The SMILES string of the molecule is COCCN1C(=O)N[C@](Cc2ccc(F)cc2)(C2CCN(C[C@@H]3CC=CCC3)CC2)C1=O. The number of amides is 3. The highest BCUT2D eigenvalue weighted by molar-refractivity contribution is 6.07. The van der Waals surface area contributed by atoms with E-state index in [1.807, 2.05) is 0 Å². The molecule has 0 bridgehead atoms. The van der Waals surface area contributed by atoms with Gasteiger partial charge < -0.3 is 15.0 Å². The molecule has 0 radical (unpaired) electrons. The Hall–Kier alpha value is -2.25. The van der Waals surface area contributed by atoms with Gasteiger partial charge in [-0.05, 0) is 74.7 Å². The summed E-state index contributed by atoms with van der Waals surface area (Å²) in [4.78, 5) is 30.2. The van der Waals surface area contributed by atoms with Crippen LogP contribution in [-0.4, -0.2) is 67.2 Å². The molecule has 2 fully saturated rings. The fraction of sp³-hybridized carbons (Fsp3) is 0.600. The normalized spacial score (nSPS) is 27.2. The van der Waals surface area contributed by atoms with E-state index >= 15 is 0 Å². The molecule has 0 unspecified atom stereocenters. The van der Waals surface area contributed by atoms with Gasteiger partial charge in [-0.15, -0.1) is 0 Å². The lowest BCUT2D eigenvalue weighted by Gasteiger charge is -2.42. The third-order valence-corrected chi connectivity index (χ3v) is 7.30. The van der Waals surface area contributed by atoms with Crippen molar-refractivity contribution in [3.05, 3.63) is 47.8 Å². The summed E-state index contributed by atoms with van der Waals surface area (Å²) in [7, 11) is 1.56. The first kappa shape index (κ1) is 22.9. The Morgan fingerprint density at radius 2 is 1.88 bits per heavy atom. The second-order valence-corrected chi connectivity index (χ2v) is 9.38. The number of likely N-dealkylation sites (tertiary alicyclic amines) is 1. The fourth-order valence-electron chi connectivity index (χ4n) is 5.49. The predicted molar refractivity (Wildman–Crippen MR) is 121 cm³/mol. The number of benzene rings is 1. The number of nitrogens with one attached hydrogen (secondary N) is 1. The Morgan fingerprint density at radius 3 is 2.53 bits per heavy atom. The van der Waals surface area contributed by atoms with Crippen molar-refractivity contribution in [3.8, 4) is 0 Å². The lowest BCUT2D eigenvalue weighted by Crippen LogP contribution is -2.58. The van der Waals surface area contributed by atoms with E-state index in [2.05, 4.69) is 22.4 Å². The van der Waals surface area contributed by atoms with E-state index in [0.717, 1.165) is 44.5 Å². The van der Waals surface area contributed by atoms with Crippen LogP contribution in [0.2, 0.25) is 0 Å². The van der Waals surface area contributed by atoms with E-state index in [-0.39, 0.29) is 30.2 Å². The van der Waals surface area contributed by atoms with Crippen LogP contribution in [0.4, 0.5) is 9.18 Å². The van der Waals surface area contributed by atoms with Gasteiger partial charge in [0, 0.05) is 20.1 Å². The molecule has 1 aromatic rings. The molecule has 2 saturated heterocycles. The third kappa shape index (κ3) is 4.89. The predicted octanol–water partition coefficient (Wildman–Crippen LogP) is 3.37. The number of rotatable bonds is 8. The topological polar surface area (TPSA) is 61.9 Å². The molecule has 6 nitrogen and oxygen atoms in total. The Bertz CT molecular complexity index is 835. The van der Waals surface area contributed by atoms with E-state index in [1.165, 1.54) is 29.9 Å². The Labute approximate surface area is 189 Å². The van der Waals surface area contributed by atoms with Gasteiger partial charge in [0.25, 0.3) is 5.91 Å². The number of hydrogen-bond donors (Lipinski definition) is 1. The van der Waals surface area contributed by atoms with Gasteiger partial charge >= 0.3 is 6.03 Å². The molecule has 7 heteroatoms. The summed E-state index contributed by atoms with van der Waals surface area (Å²) in [6, 6.07) is 5.88. The Balaban J connectivity index is 1.49. The molecule has 2 heterocycles. The summed E-state index contributed by atoms with van der Waals surface area (Å²) < 4.78 is 18.6. The minimum atomic E-state index is -0.984. The summed E-state index contributed by atoms with van der Waals surface area (Å²) in [6.45, 7) is 3.50. The van der Waals surface area contributed by atoms with E-state index in [9.17, 15) is 14.0 Å². The van der Waals surface area contributed by atoms with Crippen LogP contribution < -0.4 is 5.32 Å². The number of carbonyl (C=O) groups excluding carboxylic acids is 2. The fourth-order valence-corrected chi connectivity index (χ4v) is 5.49. The largest absolute Gasteiger partial charge is 0.383 e. The number of urea groups is 1. The Kier molecular flexibility index (Phi) is 7.26. The second-order valence-electron chi connectivity index (χ2n) is 9.38. The molecule has 2 aliphatic heterocycles. The maximum Gasteiger partial charge on any atom is 0.325 e. The molecule has 174 valence electrons. The van der Waals surface area contributed by atoms with Crippen LogP contribution in [0.1, 0.15) is 37.7 Å². The van der Waals surface area contributed by atoms with Crippen molar-refractivity contribution >= 4 is 11.9 Å². The second kappa shape index (κ2) is 10.1. The van der Waals surface area contributed by atoms with Crippen LogP contribution in [0, 0.1) is 17.7 Å². The zero-order valence-corrected chi connectivity index (χ0v) is 18.9. The number of hydrogen-bond acceptors (Lipinski definition) is 4. The zero-order valence-electron chi connectivity index (χ0n) is 18.9. The van der Waals surface area contributed by atoms with Crippen molar-refractivity contribution in [3.63, 3.8) is 0 Å². The van der Waals surface area contributed by atoms with Crippen molar-refractivity contribution in [1.29, 1.82) is 0 Å². The first-order valence-electron chi connectivity index (χ1n) is 11.8. The zero-order chi connectivity index (χ0) is 22.6. The van der Waals surface area contributed by atoms with E-state index in [1.54, 1.807) is 19.2 Å². The van der Waals surface area contributed by atoms with Crippen molar-refractivity contribution in [2.75, 3.05) is 39.9 Å². The average molecular weight is 444 g/mol. The number of imide groups is 1. The van der Waals surface area contributed by atoms with Crippen LogP contribution >= 0.6 is 0 Å². The number of nitrogens with zero attached hydrogens (tertiary/aromatic N) is 2. The smallest absolute Gasteiger partial charge is 0.325 e. The highest BCUT2D eigenvalue weighted by atomic mass is 19.1. The van der Waals surface area contributed by atoms with Gasteiger partial charge in [0.1, 0.15) is 11.4 Å². The molecule has 3 aliphatic rings. The molecule has 1 aromatic carbocycles. The Morgan fingerprint density at radius 1 is 1.12 bits per heavy atom. The number of methoxy groups -OCH3 is 1. The molecule has 3 amide bonds. The summed E-state index contributed by atoms with van der Waals surface area (Å²) in [5.74, 6) is 0.262. The minimum absolute atomic E-state index is 0.0408. The first-order chi connectivity index (χ1) is 15.5. The van der Waals surface area contributed by atoms with Crippen molar-refractivity contribution < 1.29 is 18.7 Å². The number of allylic oxidation sites excluding steroid dienone is 2. The first-order valence-corrected chi connectivity index (χ1v) is 11.8. The van der Waals surface area contributed by atoms with Crippen LogP contribution in [0.25, 0.3) is 0 Å². The van der Waals surface area contributed by atoms with Crippen LogP contribution in [0.3, 0.4) is 0 Å². The molecular formula is C25H34FN3O3. The molecule has 1 N–H and O–H groups in total. The van der Waals surface area contributed by atoms with Crippen LogP contribution in [-0.2, 0) is 16.0 Å². The monoisotopic (exact) mass is 443 g/mol. The van der Waals surface area contributed by atoms with Crippen molar-refractivity contribution in [2.24, 2.45) is 11.8 Å². The van der Waals surface area contributed by atoms with E-state index in [0.29, 0.717) is 18.9 Å². The van der Waals surface area contributed by atoms with Crippen LogP contribution in [0.15, 0.2) is 36.4 Å². The average Bonchev–Trinajstić information content (AvgIpc) is 3.05. The standard InChI is InChI=1S/C25H34FN3O3/c1-32-16-15-29-23(30)25(27-24(29)31,17-19-7-9-22(26)10-8-19)21-11-13-28(14-12-21)18-20-5-3-2-4-6-20/h2-3,7-10,20-21H,4-6,11-18H2,1H3,(H,27,31)/t20-,25-/m1/s1. The summed E-state index contributed by atoms with van der Waals surface area (Å²) in [6.07, 6.45) is 10.2. The van der Waals surface area contributed by atoms with E-state index < -0.39 is 5.54 Å². The van der Waals surface area contributed by atoms with Crippen molar-refractivity contribution in [2.45, 2.75) is 44.1 Å². The van der Waals surface area contributed by atoms with Gasteiger partial charge in [-0.25, -0.2) is 9.18 Å². The number of ether oxygens (including phenoxy) is 1. The quantitative estimate of drug-likeness (QED) is 0.494. The van der Waals surface area contributed by atoms with Crippen molar-refractivity contribution in [1.82, 2.24) is 15.1 Å². The van der Waals surface area contributed by atoms with E-state index in [4.69, 9.17) is 4.74 Å². The van der Waals surface area contributed by atoms with Crippen LogP contribution in [0.5, 0.6) is 0 Å². The van der Waals surface area contributed by atoms with Gasteiger partial charge in [0.05, 0.1) is 13.2 Å². The molecule has 4 rings (SSSR count).